The van der Waals surface area contributed by atoms with E-state index in [0.717, 1.165) is 31.8 Å². The van der Waals surface area contributed by atoms with Crippen LogP contribution in [0.15, 0.2) is 23.1 Å². The van der Waals surface area contributed by atoms with Crippen LogP contribution in [0.5, 0.6) is 0 Å². The van der Waals surface area contributed by atoms with E-state index in [4.69, 9.17) is 11.6 Å². The van der Waals surface area contributed by atoms with Crippen LogP contribution in [0.1, 0.15) is 51.9 Å². The number of aliphatic hydroxyl groups is 1. The highest BCUT2D eigenvalue weighted by Crippen LogP contribution is 2.31. The zero-order chi connectivity index (χ0) is 20.9. The summed E-state index contributed by atoms with van der Waals surface area (Å²) in [4.78, 5) is 0.211. The highest BCUT2D eigenvalue weighted by Gasteiger charge is 2.29. The van der Waals surface area contributed by atoms with Crippen molar-refractivity contribution in [3.63, 3.8) is 0 Å². The summed E-state index contributed by atoms with van der Waals surface area (Å²) in [6.45, 7) is 5.04. The molecule has 164 valence electrons. The summed E-state index contributed by atoms with van der Waals surface area (Å²) < 4.78 is 27.6. The number of nitrogens with zero attached hydrogens (tertiary/aromatic N) is 1. The second-order valence-corrected chi connectivity index (χ2v) is 10.8. The predicted octanol–water partition coefficient (Wildman–Crippen LogP) is 3.66. The summed E-state index contributed by atoms with van der Waals surface area (Å²) in [5, 5.41) is 15.9. The topological polar surface area (TPSA) is 81.7 Å². The Balaban J connectivity index is 1.49. The van der Waals surface area contributed by atoms with Crippen molar-refractivity contribution < 1.29 is 13.5 Å². The van der Waals surface area contributed by atoms with Crippen LogP contribution in [-0.2, 0) is 10.0 Å². The monoisotopic (exact) mass is 443 g/mol. The van der Waals surface area contributed by atoms with Crippen molar-refractivity contribution in [1.29, 1.82) is 0 Å². The molecule has 2 aliphatic rings. The van der Waals surface area contributed by atoms with E-state index >= 15 is 0 Å². The van der Waals surface area contributed by atoms with Crippen LogP contribution in [0.3, 0.4) is 0 Å². The highest BCUT2D eigenvalue weighted by molar-refractivity contribution is 7.89. The van der Waals surface area contributed by atoms with E-state index in [1.807, 2.05) is 0 Å². The molecule has 1 aromatic rings. The second-order valence-electron chi connectivity index (χ2n) is 8.43. The Morgan fingerprint density at radius 2 is 1.79 bits per heavy atom. The lowest BCUT2D eigenvalue weighted by atomic mass is 9.87. The zero-order valence-electron chi connectivity index (χ0n) is 17.2. The van der Waals surface area contributed by atoms with Gasteiger partial charge in [0.1, 0.15) is 6.23 Å². The Labute approximate surface area is 180 Å². The van der Waals surface area contributed by atoms with Crippen molar-refractivity contribution in [1.82, 2.24) is 9.62 Å². The largest absolute Gasteiger partial charge is 0.374 e. The van der Waals surface area contributed by atoms with Crippen molar-refractivity contribution in [2.24, 2.45) is 11.8 Å². The van der Waals surface area contributed by atoms with E-state index in [0.29, 0.717) is 29.7 Å². The van der Waals surface area contributed by atoms with E-state index in [2.05, 4.69) is 10.6 Å². The first-order valence-electron chi connectivity index (χ1n) is 10.8. The van der Waals surface area contributed by atoms with Crippen LogP contribution >= 0.6 is 11.6 Å². The van der Waals surface area contributed by atoms with Crippen LogP contribution < -0.4 is 10.6 Å². The zero-order valence-corrected chi connectivity index (χ0v) is 18.8. The summed E-state index contributed by atoms with van der Waals surface area (Å²) in [5.41, 5.74) is 0.521. The van der Waals surface area contributed by atoms with Gasteiger partial charge in [0, 0.05) is 13.1 Å². The molecule has 29 heavy (non-hydrogen) atoms. The highest BCUT2D eigenvalue weighted by atomic mass is 35.5. The van der Waals surface area contributed by atoms with Gasteiger partial charge in [-0.25, -0.2) is 8.42 Å². The molecule has 0 saturated carbocycles. The molecule has 1 aromatic carbocycles. The lowest BCUT2D eigenvalue weighted by molar-refractivity contribution is 0.224. The minimum absolute atomic E-state index is 0.211. The van der Waals surface area contributed by atoms with Crippen molar-refractivity contribution in [2.45, 2.75) is 63.0 Å². The molecule has 6 nitrogen and oxygen atoms in total. The van der Waals surface area contributed by atoms with Crippen LogP contribution in [-0.4, -0.2) is 50.2 Å². The summed E-state index contributed by atoms with van der Waals surface area (Å²) in [7, 11) is -3.54. The van der Waals surface area contributed by atoms with Gasteiger partial charge in [0.2, 0.25) is 10.0 Å². The molecule has 8 heteroatoms. The number of benzene rings is 1. The van der Waals surface area contributed by atoms with Gasteiger partial charge < -0.3 is 15.7 Å². The molecule has 2 heterocycles. The van der Waals surface area contributed by atoms with E-state index in [1.54, 1.807) is 23.4 Å². The normalized spacial score (nSPS) is 21.2. The number of nitrogens with one attached hydrogen (secondary N) is 2. The number of halogens is 1. The fourth-order valence-corrected chi connectivity index (χ4v) is 6.25. The fourth-order valence-electron chi connectivity index (χ4n) is 4.45. The maximum atomic E-state index is 13.0. The molecular weight excluding hydrogens is 410 g/mol. The molecule has 0 bridgehead atoms. The Bertz CT molecular complexity index is 758. The van der Waals surface area contributed by atoms with E-state index in [9.17, 15) is 13.5 Å². The summed E-state index contributed by atoms with van der Waals surface area (Å²) in [5.74, 6) is 1.50. The smallest absolute Gasteiger partial charge is 0.243 e. The van der Waals surface area contributed by atoms with Crippen LogP contribution in [0.2, 0.25) is 5.02 Å². The molecule has 0 aliphatic carbocycles. The molecule has 3 rings (SSSR count). The van der Waals surface area contributed by atoms with Crippen LogP contribution in [0.4, 0.5) is 5.69 Å². The molecule has 0 radical (unpaired) electrons. The average Bonchev–Trinajstić information content (AvgIpc) is 2.70. The van der Waals surface area contributed by atoms with Gasteiger partial charge in [0.05, 0.1) is 15.6 Å². The molecule has 1 atom stereocenters. The maximum Gasteiger partial charge on any atom is 0.243 e. The van der Waals surface area contributed by atoms with Gasteiger partial charge in [-0.3, -0.25) is 0 Å². The standard InChI is InChI=1S/C21H34ClN3O3S/c1-16(26)24-21-6-5-19(15-20(21)22)29(27,28)25-13-9-18(10-14-25)4-2-3-17-7-11-23-12-8-17/h5-6,15-18,23-24,26H,2-4,7-14H2,1H3. The minimum Gasteiger partial charge on any atom is -0.374 e. The summed E-state index contributed by atoms with van der Waals surface area (Å²) >= 11 is 6.20. The van der Waals surface area contributed by atoms with Crippen molar-refractivity contribution in [3.05, 3.63) is 23.2 Å². The average molecular weight is 444 g/mol. The molecular formula is C21H34ClN3O3S. The Kier molecular flexibility index (Phi) is 8.22. The molecule has 2 fully saturated rings. The number of rotatable bonds is 8. The Morgan fingerprint density at radius 1 is 1.17 bits per heavy atom. The van der Waals surface area contributed by atoms with Gasteiger partial charge in [-0.1, -0.05) is 30.9 Å². The first-order valence-corrected chi connectivity index (χ1v) is 12.6. The lowest BCUT2D eigenvalue weighted by Gasteiger charge is -2.31. The quantitative estimate of drug-likeness (QED) is 0.534. The fraction of sp³-hybridized carbons (Fsp3) is 0.714. The Morgan fingerprint density at radius 3 is 2.38 bits per heavy atom. The van der Waals surface area contributed by atoms with E-state index in [-0.39, 0.29) is 4.90 Å². The van der Waals surface area contributed by atoms with E-state index in [1.165, 1.54) is 38.2 Å². The summed E-state index contributed by atoms with van der Waals surface area (Å²) in [6, 6.07) is 4.62. The third-order valence-corrected chi connectivity index (χ3v) is 8.41. The molecule has 1 unspecified atom stereocenters. The van der Waals surface area contributed by atoms with Gasteiger partial charge >= 0.3 is 0 Å². The SMILES string of the molecule is CC(O)Nc1ccc(S(=O)(=O)N2CCC(CCCC3CCNCC3)CC2)cc1Cl. The number of anilines is 1. The van der Waals surface area contributed by atoms with Crippen LogP contribution in [0.25, 0.3) is 0 Å². The minimum atomic E-state index is -3.54. The molecule has 2 aliphatic heterocycles. The van der Waals surface area contributed by atoms with Crippen LogP contribution in [0, 0.1) is 11.8 Å². The number of hydrogen-bond donors (Lipinski definition) is 3. The molecule has 3 N–H and O–H groups in total. The van der Waals surface area contributed by atoms with Crippen molar-refractivity contribution in [2.75, 3.05) is 31.5 Å². The van der Waals surface area contributed by atoms with Gasteiger partial charge in [0.15, 0.2) is 0 Å². The predicted molar refractivity (Wildman–Crippen MR) is 118 cm³/mol. The number of aliphatic hydroxyl groups excluding tert-OH is 1. The Hall–Kier alpha value is -0.860. The van der Waals surface area contributed by atoms with Gasteiger partial charge in [-0.05, 0) is 75.7 Å². The second kappa shape index (κ2) is 10.4. The van der Waals surface area contributed by atoms with Gasteiger partial charge in [0.25, 0.3) is 0 Å². The first kappa shape index (κ1) is 22.8. The summed E-state index contributed by atoms with van der Waals surface area (Å²) in [6.07, 6.45) is 7.48. The van der Waals surface area contributed by atoms with Crippen molar-refractivity contribution in [3.8, 4) is 0 Å². The lowest BCUT2D eigenvalue weighted by Crippen LogP contribution is -2.38. The first-order chi connectivity index (χ1) is 13.9. The third kappa shape index (κ3) is 6.31. The van der Waals surface area contributed by atoms with Gasteiger partial charge in [-0.2, -0.15) is 4.31 Å². The molecule has 0 amide bonds. The number of piperidine rings is 2. The van der Waals surface area contributed by atoms with Crippen molar-refractivity contribution >= 4 is 27.3 Å². The molecule has 0 spiro atoms. The maximum absolute atomic E-state index is 13.0. The van der Waals surface area contributed by atoms with E-state index < -0.39 is 16.3 Å². The third-order valence-electron chi connectivity index (χ3n) is 6.20. The molecule has 2 saturated heterocycles. The molecule has 0 aromatic heterocycles. The number of hydrogen-bond acceptors (Lipinski definition) is 5. The van der Waals surface area contributed by atoms with Gasteiger partial charge in [-0.15, -0.1) is 0 Å². The number of sulfonamides is 1.